The first-order valence-electron chi connectivity index (χ1n) is 8.43. The standard InChI is InChI=1S/C16H26N4O3/c1-12-10-14(18-23-12)11-19-5-7-20(8-6-19)16(21)17-13(2)15-4-3-9-22-15/h10,13,15H,3-9,11H2,1-2H3,(H,17,21). The van der Waals surface area contributed by atoms with E-state index in [1.807, 2.05) is 24.8 Å². The fourth-order valence-electron chi connectivity index (χ4n) is 3.21. The molecule has 2 saturated heterocycles. The lowest BCUT2D eigenvalue weighted by molar-refractivity contribution is 0.0799. The zero-order valence-corrected chi connectivity index (χ0v) is 14.0. The number of carbonyl (C=O) groups excluding carboxylic acids is 1. The second-order valence-electron chi connectivity index (χ2n) is 6.48. The second-order valence-corrected chi connectivity index (χ2v) is 6.48. The number of aryl methyl sites for hydroxylation is 1. The van der Waals surface area contributed by atoms with Gasteiger partial charge in [-0.25, -0.2) is 4.79 Å². The van der Waals surface area contributed by atoms with Crippen molar-refractivity contribution < 1.29 is 14.1 Å². The number of rotatable bonds is 4. The quantitative estimate of drug-likeness (QED) is 0.907. The van der Waals surface area contributed by atoms with Crippen LogP contribution in [-0.4, -0.2) is 65.9 Å². The first kappa shape index (κ1) is 16.3. The van der Waals surface area contributed by atoms with Crippen LogP contribution in [0, 0.1) is 6.92 Å². The minimum Gasteiger partial charge on any atom is -0.376 e. The van der Waals surface area contributed by atoms with E-state index in [-0.39, 0.29) is 18.2 Å². The Hall–Kier alpha value is -1.60. The Bertz CT molecular complexity index is 519. The third kappa shape index (κ3) is 4.23. The number of hydrogen-bond acceptors (Lipinski definition) is 5. The summed E-state index contributed by atoms with van der Waals surface area (Å²) < 4.78 is 10.7. The molecule has 0 saturated carbocycles. The molecule has 0 bridgehead atoms. The molecule has 23 heavy (non-hydrogen) atoms. The van der Waals surface area contributed by atoms with Crippen LogP contribution in [0.1, 0.15) is 31.2 Å². The van der Waals surface area contributed by atoms with Crippen molar-refractivity contribution >= 4 is 6.03 Å². The van der Waals surface area contributed by atoms with Gasteiger partial charge >= 0.3 is 6.03 Å². The summed E-state index contributed by atoms with van der Waals surface area (Å²) in [5, 5.41) is 7.10. The molecule has 3 rings (SSSR count). The Kier molecular flexibility index (Phi) is 5.17. The summed E-state index contributed by atoms with van der Waals surface area (Å²) in [6.45, 7) is 8.69. The van der Waals surface area contributed by atoms with Gasteiger partial charge in [0.2, 0.25) is 0 Å². The van der Waals surface area contributed by atoms with Gasteiger partial charge in [-0.1, -0.05) is 5.16 Å². The van der Waals surface area contributed by atoms with E-state index in [1.165, 1.54) is 0 Å². The summed E-state index contributed by atoms with van der Waals surface area (Å²) in [6.07, 6.45) is 2.29. The maximum Gasteiger partial charge on any atom is 0.317 e. The number of amides is 2. The van der Waals surface area contributed by atoms with Crippen molar-refractivity contribution in [3.8, 4) is 0 Å². The van der Waals surface area contributed by atoms with Gasteiger partial charge in [0, 0.05) is 45.4 Å². The van der Waals surface area contributed by atoms with E-state index in [0.29, 0.717) is 0 Å². The number of hydrogen-bond donors (Lipinski definition) is 1. The minimum atomic E-state index is 0.0185. The zero-order chi connectivity index (χ0) is 16.2. The van der Waals surface area contributed by atoms with Gasteiger partial charge in [-0.3, -0.25) is 4.90 Å². The largest absolute Gasteiger partial charge is 0.376 e. The van der Waals surface area contributed by atoms with Crippen molar-refractivity contribution in [2.45, 2.75) is 45.4 Å². The SMILES string of the molecule is Cc1cc(CN2CCN(C(=O)NC(C)C3CCCO3)CC2)no1. The van der Waals surface area contributed by atoms with Gasteiger partial charge in [-0.05, 0) is 26.7 Å². The molecule has 0 aromatic carbocycles. The van der Waals surface area contributed by atoms with Crippen molar-refractivity contribution in [1.82, 2.24) is 20.3 Å². The van der Waals surface area contributed by atoms with E-state index < -0.39 is 0 Å². The number of nitrogens with one attached hydrogen (secondary N) is 1. The van der Waals surface area contributed by atoms with Crippen molar-refractivity contribution in [1.29, 1.82) is 0 Å². The fourth-order valence-corrected chi connectivity index (χ4v) is 3.21. The Labute approximate surface area is 136 Å². The zero-order valence-electron chi connectivity index (χ0n) is 14.0. The van der Waals surface area contributed by atoms with Gasteiger partial charge in [0.1, 0.15) is 5.76 Å². The first-order valence-corrected chi connectivity index (χ1v) is 8.43. The molecule has 1 aromatic rings. The van der Waals surface area contributed by atoms with Crippen LogP contribution in [0.15, 0.2) is 10.6 Å². The lowest BCUT2D eigenvalue weighted by Crippen LogP contribution is -2.54. The molecule has 7 heteroatoms. The number of piperazine rings is 1. The Morgan fingerprint density at radius 1 is 1.43 bits per heavy atom. The predicted molar refractivity (Wildman–Crippen MR) is 85.1 cm³/mol. The van der Waals surface area contributed by atoms with E-state index in [9.17, 15) is 4.79 Å². The summed E-state index contributed by atoms with van der Waals surface area (Å²) in [7, 11) is 0. The minimum absolute atomic E-state index is 0.0185. The number of carbonyl (C=O) groups is 1. The van der Waals surface area contributed by atoms with Crippen molar-refractivity contribution in [3.05, 3.63) is 17.5 Å². The monoisotopic (exact) mass is 322 g/mol. The molecule has 1 aromatic heterocycles. The molecule has 2 aliphatic heterocycles. The van der Waals surface area contributed by atoms with E-state index in [0.717, 1.165) is 63.6 Å². The van der Waals surface area contributed by atoms with Crippen LogP contribution in [0.4, 0.5) is 4.79 Å². The predicted octanol–water partition coefficient (Wildman–Crippen LogP) is 1.38. The molecule has 128 valence electrons. The molecule has 2 atom stereocenters. The van der Waals surface area contributed by atoms with Gasteiger partial charge in [-0.15, -0.1) is 0 Å². The van der Waals surface area contributed by atoms with Crippen LogP contribution in [0.2, 0.25) is 0 Å². The van der Waals surface area contributed by atoms with E-state index in [4.69, 9.17) is 9.26 Å². The van der Waals surface area contributed by atoms with Crippen LogP contribution in [0.3, 0.4) is 0 Å². The highest BCUT2D eigenvalue weighted by Gasteiger charge is 2.27. The van der Waals surface area contributed by atoms with Crippen LogP contribution in [0.5, 0.6) is 0 Å². The normalized spacial score (nSPS) is 23.9. The van der Waals surface area contributed by atoms with E-state index in [2.05, 4.69) is 15.4 Å². The lowest BCUT2D eigenvalue weighted by atomic mass is 10.1. The van der Waals surface area contributed by atoms with Gasteiger partial charge in [0.25, 0.3) is 0 Å². The average molecular weight is 322 g/mol. The average Bonchev–Trinajstić information content (AvgIpc) is 3.20. The van der Waals surface area contributed by atoms with E-state index >= 15 is 0 Å². The van der Waals surface area contributed by atoms with Crippen molar-refractivity contribution in [2.24, 2.45) is 0 Å². The molecule has 0 aliphatic carbocycles. The first-order chi connectivity index (χ1) is 11.1. The molecule has 1 N–H and O–H groups in total. The smallest absolute Gasteiger partial charge is 0.317 e. The van der Waals surface area contributed by atoms with Crippen LogP contribution < -0.4 is 5.32 Å². The van der Waals surface area contributed by atoms with Gasteiger partial charge in [0.05, 0.1) is 17.8 Å². The van der Waals surface area contributed by atoms with E-state index in [1.54, 1.807) is 0 Å². The highest BCUT2D eigenvalue weighted by Crippen LogP contribution is 2.16. The highest BCUT2D eigenvalue weighted by molar-refractivity contribution is 5.74. The maximum atomic E-state index is 12.3. The molecule has 3 heterocycles. The Balaban J connectivity index is 1.41. The summed E-state index contributed by atoms with van der Waals surface area (Å²) in [4.78, 5) is 16.5. The van der Waals surface area contributed by atoms with Crippen LogP contribution in [-0.2, 0) is 11.3 Å². The van der Waals surface area contributed by atoms with Crippen molar-refractivity contribution in [2.75, 3.05) is 32.8 Å². The molecule has 0 radical (unpaired) electrons. The molecule has 2 unspecified atom stereocenters. The summed E-state index contributed by atoms with van der Waals surface area (Å²) in [5.74, 6) is 0.834. The number of urea groups is 1. The summed E-state index contributed by atoms with van der Waals surface area (Å²) in [6, 6.07) is 2.05. The molecular formula is C16H26N4O3. The van der Waals surface area contributed by atoms with Gasteiger partial charge in [-0.2, -0.15) is 0 Å². The second kappa shape index (κ2) is 7.31. The molecular weight excluding hydrogens is 296 g/mol. The highest BCUT2D eigenvalue weighted by atomic mass is 16.5. The number of aromatic nitrogens is 1. The van der Waals surface area contributed by atoms with Crippen molar-refractivity contribution in [3.63, 3.8) is 0 Å². The molecule has 0 spiro atoms. The fraction of sp³-hybridized carbons (Fsp3) is 0.750. The summed E-state index contributed by atoms with van der Waals surface area (Å²) >= 11 is 0. The van der Waals surface area contributed by atoms with Gasteiger partial charge < -0.3 is 19.5 Å². The molecule has 2 amide bonds. The number of nitrogens with zero attached hydrogens (tertiary/aromatic N) is 3. The van der Waals surface area contributed by atoms with Crippen LogP contribution >= 0.6 is 0 Å². The van der Waals surface area contributed by atoms with Crippen LogP contribution in [0.25, 0.3) is 0 Å². The molecule has 2 aliphatic rings. The Morgan fingerprint density at radius 2 is 2.22 bits per heavy atom. The third-order valence-corrected chi connectivity index (χ3v) is 4.60. The summed E-state index contributed by atoms with van der Waals surface area (Å²) in [5.41, 5.74) is 0.951. The topological polar surface area (TPSA) is 70.8 Å². The molecule has 7 nitrogen and oxygen atoms in total. The van der Waals surface area contributed by atoms with Gasteiger partial charge in [0.15, 0.2) is 0 Å². The molecule has 2 fully saturated rings. The third-order valence-electron chi connectivity index (χ3n) is 4.60. The lowest BCUT2D eigenvalue weighted by Gasteiger charge is -2.35. The maximum absolute atomic E-state index is 12.3. The Morgan fingerprint density at radius 3 is 2.83 bits per heavy atom. The number of ether oxygens (including phenoxy) is 1.